The summed E-state index contributed by atoms with van der Waals surface area (Å²) in [5, 5.41) is 12.2. The third-order valence-corrected chi connectivity index (χ3v) is 5.26. The number of nitrogens with zero attached hydrogens (tertiary/aromatic N) is 3. The van der Waals surface area contributed by atoms with Crippen LogP contribution in [0.15, 0.2) is 70.8 Å². The van der Waals surface area contributed by atoms with Crippen LogP contribution < -0.4 is 5.32 Å². The van der Waals surface area contributed by atoms with Gasteiger partial charge in [0.1, 0.15) is 0 Å². The monoisotopic (exact) mass is 442 g/mol. The van der Waals surface area contributed by atoms with E-state index in [0.29, 0.717) is 11.7 Å². The number of nitrogens with one attached hydrogen (secondary N) is 1. The molecule has 0 unspecified atom stereocenters. The van der Waals surface area contributed by atoms with E-state index < -0.39 is 0 Å². The number of benzene rings is 2. The molecule has 1 aromatic heterocycles. The van der Waals surface area contributed by atoms with E-state index >= 15 is 0 Å². The van der Waals surface area contributed by atoms with Crippen molar-refractivity contribution in [3.05, 3.63) is 71.2 Å². The van der Waals surface area contributed by atoms with Gasteiger partial charge in [-0.2, -0.15) is 0 Å². The Labute approximate surface area is 171 Å². The minimum atomic E-state index is -0.0902. The fourth-order valence-corrected chi connectivity index (χ4v) is 3.56. The first kappa shape index (κ1) is 19.4. The second-order valence-corrected chi connectivity index (χ2v) is 7.78. The van der Waals surface area contributed by atoms with Crippen molar-refractivity contribution in [3.63, 3.8) is 0 Å². The molecular weight excluding hydrogens is 424 g/mol. The number of hydrogen-bond acceptors (Lipinski definition) is 4. The molecule has 5 nitrogen and oxygen atoms in total. The van der Waals surface area contributed by atoms with E-state index in [4.69, 9.17) is 0 Å². The highest BCUT2D eigenvalue weighted by Gasteiger charge is 2.15. The second-order valence-electron chi connectivity index (χ2n) is 5.92. The summed E-state index contributed by atoms with van der Waals surface area (Å²) in [6.45, 7) is 6.44. The molecule has 0 aliphatic carbocycles. The van der Waals surface area contributed by atoms with E-state index in [1.54, 1.807) is 6.08 Å². The van der Waals surface area contributed by atoms with Gasteiger partial charge in [-0.3, -0.25) is 9.36 Å². The van der Waals surface area contributed by atoms with Crippen LogP contribution in [0.3, 0.4) is 0 Å². The van der Waals surface area contributed by atoms with Crippen LogP contribution in [0.4, 0.5) is 5.69 Å². The molecule has 0 bridgehead atoms. The topological polar surface area (TPSA) is 59.8 Å². The van der Waals surface area contributed by atoms with Gasteiger partial charge in [0.05, 0.1) is 5.75 Å². The highest BCUT2D eigenvalue weighted by molar-refractivity contribution is 9.10. The van der Waals surface area contributed by atoms with E-state index in [1.165, 1.54) is 11.8 Å². The highest BCUT2D eigenvalue weighted by atomic mass is 79.9. The van der Waals surface area contributed by atoms with Crippen molar-refractivity contribution in [1.29, 1.82) is 0 Å². The van der Waals surface area contributed by atoms with Gasteiger partial charge in [0, 0.05) is 22.3 Å². The van der Waals surface area contributed by atoms with Gasteiger partial charge in [-0.15, -0.1) is 16.8 Å². The standard InChI is InChI=1S/C20H19BrN4OS/c1-3-11-25-19(15-6-4-5-14(2)12-15)23-24-20(25)27-13-18(26)22-17-9-7-16(21)8-10-17/h3-10,12H,1,11,13H2,2H3,(H,22,26). The summed E-state index contributed by atoms with van der Waals surface area (Å²) in [6.07, 6.45) is 1.80. The van der Waals surface area contributed by atoms with Crippen molar-refractivity contribution in [3.8, 4) is 11.4 Å². The lowest BCUT2D eigenvalue weighted by Crippen LogP contribution is -2.14. The van der Waals surface area contributed by atoms with Gasteiger partial charge in [0.25, 0.3) is 0 Å². The summed E-state index contributed by atoms with van der Waals surface area (Å²) in [5.74, 6) is 0.932. The van der Waals surface area contributed by atoms with Crippen LogP contribution in [0.2, 0.25) is 0 Å². The predicted molar refractivity (Wildman–Crippen MR) is 114 cm³/mol. The molecule has 3 aromatic rings. The molecule has 0 saturated carbocycles. The average Bonchev–Trinajstić information content (AvgIpc) is 3.05. The zero-order valence-corrected chi connectivity index (χ0v) is 17.3. The lowest BCUT2D eigenvalue weighted by molar-refractivity contribution is -0.113. The molecule has 2 aromatic carbocycles. The first-order valence-corrected chi connectivity index (χ1v) is 10.1. The quantitative estimate of drug-likeness (QED) is 0.416. The molecule has 0 radical (unpaired) electrons. The average molecular weight is 443 g/mol. The van der Waals surface area contributed by atoms with E-state index in [0.717, 1.165) is 27.1 Å². The van der Waals surface area contributed by atoms with Gasteiger partial charge < -0.3 is 5.32 Å². The number of allylic oxidation sites excluding steroid dienone is 1. The minimum Gasteiger partial charge on any atom is -0.325 e. The number of halogens is 1. The fourth-order valence-electron chi connectivity index (χ4n) is 2.55. The zero-order valence-electron chi connectivity index (χ0n) is 14.9. The van der Waals surface area contributed by atoms with Gasteiger partial charge in [-0.1, -0.05) is 57.5 Å². The van der Waals surface area contributed by atoms with Crippen LogP contribution in [0.25, 0.3) is 11.4 Å². The molecule has 3 rings (SSSR count). The van der Waals surface area contributed by atoms with E-state index in [9.17, 15) is 4.79 Å². The van der Waals surface area contributed by atoms with Gasteiger partial charge in [0.15, 0.2) is 11.0 Å². The molecule has 0 spiro atoms. The van der Waals surface area contributed by atoms with Crippen molar-refractivity contribution in [2.75, 3.05) is 11.1 Å². The Balaban J connectivity index is 1.72. The molecule has 0 aliphatic heterocycles. The summed E-state index contributed by atoms with van der Waals surface area (Å²) in [7, 11) is 0. The van der Waals surface area contributed by atoms with E-state index in [-0.39, 0.29) is 11.7 Å². The number of aromatic nitrogens is 3. The summed E-state index contributed by atoms with van der Waals surface area (Å²) < 4.78 is 2.94. The van der Waals surface area contributed by atoms with Gasteiger partial charge >= 0.3 is 0 Å². The third kappa shape index (κ3) is 5.08. The number of thioether (sulfide) groups is 1. The molecule has 1 heterocycles. The first-order valence-electron chi connectivity index (χ1n) is 8.36. The maximum atomic E-state index is 12.2. The van der Waals surface area contributed by atoms with Crippen molar-refractivity contribution in [2.45, 2.75) is 18.6 Å². The Kier molecular flexibility index (Phi) is 6.47. The maximum Gasteiger partial charge on any atom is 0.234 e. The number of hydrogen-bond donors (Lipinski definition) is 1. The molecule has 1 amide bonds. The Bertz CT molecular complexity index is 953. The second kappa shape index (κ2) is 9.01. The Morgan fingerprint density at radius 2 is 2.04 bits per heavy atom. The highest BCUT2D eigenvalue weighted by Crippen LogP contribution is 2.25. The number of carbonyl (C=O) groups is 1. The number of anilines is 1. The smallest absolute Gasteiger partial charge is 0.234 e. The van der Waals surface area contributed by atoms with Gasteiger partial charge in [-0.25, -0.2) is 0 Å². The van der Waals surface area contributed by atoms with Crippen molar-refractivity contribution in [1.82, 2.24) is 14.8 Å². The predicted octanol–water partition coefficient (Wildman–Crippen LogP) is 4.93. The number of rotatable bonds is 7. The van der Waals surface area contributed by atoms with E-state index in [1.807, 2.05) is 54.0 Å². The normalized spacial score (nSPS) is 10.6. The molecule has 0 fully saturated rings. The van der Waals surface area contributed by atoms with Crippen molar-refractivity contribution >= 4 is 39.3 Å². The largest absolute Gasteiger partial charge is 0.325 e. The zero-order chi connectivity index (χ0) is 19.2. The van der Waals surface area contributed by atoms with Crippen LogP contribution >= 0.6 is 27.7 Å². The lowest BCUT2D eigenvalue weighted by Gasteiger charge is -2.08. The van der Waals surface area contributed by atoms with Crippen LogP contribution in [0.1, 0.15) is 5.56 Å². The lowest BCUT2D eigenvalue weighted by atomic mass is 10.1. The van der Waals surface area contributed by atoms with E-state index in [2.05, 4.69) is 44.1 Å². The summed E-state index contributed by atoms with van der Waals surface area (Å²) >= 11 is 4.74. The molecule has 0 aliphatic rings. The maximum absolute atomic E-state index is 12.2. The molecule has 138 valence electrons. The number of amides is 1. The SMILES string of the molecule is C=CCn1c(SCC(=O)Nc2ccc(Br)cc2)nnc1-c1cccc(C)c1. The molecule has 0 atom stereocenters. The molecule has 0 saturated heterocycles. The summed E-state index contributed by atoms with van der Waals surface area (Å²) in [5.41, 5.74) is 2.91. The minimum absolute atomic E-state index is 0.0902. The molecular formula is C20H19BrN4OS. The van der Waals surface area contributed by atoms with Gasteiger partial charge in [-0.05, 0) is 37.3 Å². The van der Waals surface area contributed by atoms with Gasteiger partial charge in [0.2, 0.25) is 5.91 Å². The molecule has 27 heavy (non-hydrogen) atoms. The van der Waals surface area contributed by atoms with Crippen LogP contribution in [-0.2, 0) is 11.3 Å². The van der Waals surface area contributed by atoms with Crippen LogP contribution in [-0.4, -0.2) is 26.4 Å². The molecule has 1 N–H and O–H groups in total. The Morgan fingerprint density at radius 1 is 1.26 bits per heavy atom. The Hall–Kier alpha value is -2.38. The summed E-state index contributed by atoms with van der Waals surface area (Å²) in [6, 6.07) is 15.6. The number of aryl methyl sites for hydroxylation is 1. The molecule has 7 heteroatoms. The van der Waals surface area contributed by atoms with Crippen LogP contribution in [0, 0.1) is 6.92 Å². The van der Waals surface area contributed by atoms with Crippen molar-refractivity contribution in [2.24, 2.45) is 0 Å². The van der Waals surface area contributed by atoms with Crippen molar-refractivity contribution < 1.29 is 4.79 Å². The third-order valence-electron chi connectivity index (χ3n) is 3.77. The first-order chi connectivity index (χ1) is 13.1. The van der Waals surface area contributed by atoms with Crippen LogP contribution in [0.5, 0.6) is 0 Å². The fraction of sp³-hybridized carbons (Fsp3) is 0.150. The Morgan fingerprint density at radius 3 is 2.74 bits per heavy atom. The summed E-state index contributed by atoms with van der Waals surface area (Å²) in [4.78, 5) is 12.2. The number of carbonyl (C=O) groups excluding carboxylic acids is 1.